The Balaban J connectivity index is 2.07. The molecule has 0 aliphatic rings. The van der Waals surface area contributed by atoms with Crippen molar-refractivity contribution < 1.29 is 0 Å². The standard InChI is InChI=1S/C17H22N4/c1-4-21-16(9-13(2)19-21)12-20-15(11-18-3)10-14-7-5-6-8-17(14)20/h5-10,18H,4,11-12H2,1-3H3. The van der Waals surface area contributed by atoms with E-state index in [2.05, 4.69) is 69.9 Å². The fourth-order valence-electron chi connectivity index (χ4n) is 2.94. The van der Waals surface area contributed by atoms with Crippen molar-refractivity contribution in [1.29, 1.82) is 0 Å². The normalized spacial score (nSPS) is 11.4. The highest BCUT2D eigenvalue weighted by molar-refractivity contribution is 5.81. The Hall–Kier alpha value is -2.07. The van der Waals surface area contributed by atoms with Crippen molar-refractivity contribution in [3.8, 4) is 0 Å². The lowest BCUT2D eigenvalue weighted by molar-refractivity contribution is 0.592. The molecule has 0 aliphatic carbocycles. The number of fused-ring (bicyclic) bond motifs is 1. The second kappa shape index (κ2) is 5.74. The summed E-state index contributed by atoms with van der Waals surface area (Å²) in [6.45, 7) is 6.83. The third-order valence-electron chi connectivity index (χ3n) is 3.86. The lowest BCUT2D eigenvalue weighted by Gasteiger charge is -2.12. The zero-order valence-corrected chi connectivity index (χ0v) is 12.9. The van der Waals surface area contributed by atoms with Gasteiger partial charge in [0.2, 0.25) is 0 Å². The smallest absolute Gasteiger partial charge is 0.0648 e. The summed E-state index contributed by atoms with van der Waals surface area (Å²) in [6.07, 6.45) is 0. The minimum absolute atomic E-state index is 0.860. The summed E-state index contributed by atoms with van der Waals surface area (Å²) in [6, 6.07) is 13.0. The van der Waals surface area contributed by atoms with Gasteiger partial charge in [-0.2, -0.15) is 5.10 Å². The molecule has 0 bridgehead atoms. The molecule has 0 saturated heterocycles. The highest BCUT2D eigenvalue weighted by Gasteiger charge is 2.11. The number of aryl methyl sites for hydroxylation is 2. The third-order valence-corrected chi connectivity index (χ3v) is 3.86. The van der Waals surface area contributed by atoms with Crippen LogP contribution in [0.1, 0.15) is 24.0 Å². The van der Waals surface area contributed by atoms with Gasteiger partial charge in [-0.05, 0) is 44.5 Å². The van der Waals surface area contributed by atoms with E-state index in [0.29, 0.717) is 0 Å². The Morgan fingerprint density at radius 3 is 2.71 bits per heavy atom. The number of nitrogens with one attached hydrogen (secondary N) is 1. The predicted molar refractivity (Wildman–Crippen MR) is 86.4 cm³/mol. The van der Waals surface area contributed by atoms with E-state index in [9.17, 15) is 0 Å². The van der Waals surface area contributed by atoms with Gasteiger partial charge in [-0.3, -0.25) is 4.68 Å². The summed E-state index contributed by atoms with van der Waals surface area (Å²) < 4.78 is 4.47. The van der Waals surface area contributed by atoms with Gasteiger partial charge < -0.3 is 9.88 Å². The number of hydrogen-bond donors (Lipinski definition) is 1. The maximum Gasteiger partial charge on any atom is 0.0648 e. The molecule has 0 spiro atoms. The lowest BCUT2D eigenvalue weighted by Crippen LogP contribution is -2.14. The zero-order chi connectivity index (χ0) is 14.8. The first kappa shape index (κ1) is 13.9. The van der Waals surface area contributed by atoms with Crippen LogP contribution in [0.3, 0.4) is 0 Å². The molecule has 2 aromatic heterocycles. The summed E-state index contributed by atoms with van der Waals surface area (Å²) in [5.74, 6) is 0. The van der Waals surface area contributed by atoms with Crippen LogP contribution >= 0.6 is 0 Å². The molecule has 0 aliphatic heterocycles. The Morgan fingerprint density at radius 2 is 1.95 bits per heavy atom. The van der Waals surface area contributed by atoms with E-state index in [-0.39, 0.29) is 0 Å². The Bertz CT molecular complexity index is 751. The minimum atomic E-state index is 0.860. The molecule has 4 heteroatoms. The van der Waals surface area contributed by atoms with E-state index in [1.165, 1.54) is 22.3 Å². The van der Waals surface area contributed by atoms with Crippen LogP contribution < -0.4 is 5.32 Å². The molecule has 1 aromatic carbocycles. The molecule has 0 radical (unpaired) electrons. The van der Waals surface area contributed by atoms with Crippen LogP contribution in [-0.2, 0) is 19.6 Å². The second-order valence-electron chi connectivity index (χ2n) is 5.40. The molecule has 0 fully saturated rings. The monoisotopic (exact) mass is 282 g/mol. The Labute approximate surface area is 125 Å². The van der Waals surface area contributed by atoms with E-state index in [0.717, 1.165) is 25.3 Å². The van der Waals surface area contributed by atoms with Crippen molar-refractivity contribution in [2.45, 2.75) is 33.5 Å². The molecule has 2 heterocycles. The maximum atomic E-state index is 4.55. The van der Waals surface area contributed by atoms with Gasteiger partial charge in [0.15, 0.2) is 0 Å². The van der Waals surface area contributed by atoms with Crippen molar-refractivity contribution in [1.82, 2.24) is 19.7 Å². The minimum Gasteiger partial charge on any atom is -0.337 e. The summed E-state index contributed by atoms with van der Waals surface area (Å²) in [7, 11) is 1.99. The molecule has 0 unspecified atom stereocenters. The van der Waals surface area contributed by atoms with Crippen molar-refractivity contribution in [3.63, 3.8) is 0 Å². The SMILES string of the molecule is CCn1nc(C)cc1Cn1c(CNC)cc2ccccc21. The van der Waals surface area contributed by atoms with E-state index < -0.39 is 0 Å². The first-order chi connectivity index (χ1) is 10.2. The number of hydrogen-bond acceptors (Lipinski definition) is 2. The van der Waals surface area contributed by atoms with Crippen LogP contribution in [0.4, 0.5) is 0 Å². The zero-order valence-electron chi connectivity index (χ0n) is 12.9. The van der Waals surface area contributed by atoms with Gasteiger partial charge in [0.25, 0.3) is 0 Å². The molecule has 0 amide bonds. The van der Waals surface area contributed by atoms with Gasteiger partial charge in [-0.15, -0.1) is 0 Å². The van der Waals surface area contributed by atoms with Crippen molar-refractivity contribution in [3.05, 3.63) is 53.5 Å². The topological polar surface area (TPSA) is 34.8 Å². The molecule has 3 aromatic rings. The fourth-order valence-corrected chi connectivity index (χ4v) is 2.94. The summed E-state index contributed by atoms with van der Waals surface area (Å²) in [5, 5.41) is 9.11. The quantitative estimate of drug-likeness (QED) is 0.781. The highest BCUT2D eigenvalue weighted by atomic mass is 15.3. The van der Waals surface area contributed by atoms with Crippen molar-refractivity contribution >= 4 is 10.9 Å². The van der Waals surface area contributed by atoms with E-state index in [4.69, 9.17) is 0 Å². The number of para-hydroxylation sites is 1. The lowest BCUT2D eigenvalue weighted by atomic mass is 10.2. The van der Waals surface area contributed by atoms with Crippen LogP contribution in [0.5, 0.6) is 0 Å². The van der Waals surface area contributed by atoms with Gasteiger partial charge in [0, 0.05) is 24.3 Å². The highest BCUT2D eigenvalue weighted by Crippen LogP contribution is 2.21. The van der Waals surface area contributed by atoms with E-state index in [1.807, 2.05) is 7.05 Å². The van der Waals surface area contributed by atoms with Gasteiger partial charge in [0.05, 0.1) is 17.9 Å². The molecule has 110 valence electrons. The average molecular weight is 282 g/mol. The molecule has 3 rings (SSSR count). The van der Waals surface area contributed by atoms with Crippen LogP contribution in [0, 0.1) is 6.92 Å². The Morgan fingerprint density at radius 1 is 1.14 bits per heavy atom. The fraction of sp³-hybridized carbons (Fsp3) is 0.353. The maximum absolute atomic E-state index is 4.55. The molecule has 21 heavy (non-hydrogen) atoms. The molecule has 0 saturated carbocycles. The first-order valence-corrected chi connectivity index (χ1v) is 7.48. The van der Waals surface area contributed by atoms with E-state index in [1.54, 1.807) is 0 Å². The van der Waals surface area contributed by atoms with Crippen LogP contribution in [0.15, 0.2) is 36.4 Å². The van der Waals surface area contributed by atoms with E-state index >= 15 is 0 Å². The van der Waals surface area contributed by atoms with Crippen molar-refractivity contribution in [2.75, 3.05) is 7.05 Å². The third kappa shape index (κ3) is 2.59. The van der Waals surface area contributed by atoms with Gasteiger partial charge in [-0.1, -0.05) is 18.2 Å². The van der Waals surface area contributed by atoms with Gasteiger partial charge in [-0.25, -0.2) is 0 Å². The largest absolute Gasteiger partial charge is 0.337 e. The summed E-state index contributed by atoms with van der Waals surface area (Å²) >= 11 is 0. The van der Waals surface area contributed by atoms with Gasteiger partial charge >= 0.3 is 0 Å². The van der Waals surface area contributed by atoms with Crippen LogP contribution in [0.25, 0.3) is 10.9 Å². The number of nitrogens with zero attached hydrogens (tertiary/aromatic N) is 3. The number of benzene rings is 1. The molecule has 1 N–H and O–H groups in total. The van der Waals surface area contributed by atoms with Gasteiger partial charge in [0.1, 0.15) is 0 Å². The summed E-state index contributed by atoms with van der Waals surface area (Å²) in [4.78, 5) is 0. The van der Waals surface area contributed by atoms with Crippen LogP contribution in [-0.4, -0.2) is 21.4 Å². The molecule has 4 nitrogen and oxygen atoms in total. The molecule has 0 atom stereocenters. The molecular formula is C17H22N4. The number of aromatic nitrogens is 3. The summed E-state index contributed by atoms with van der Waals surface area (Å²) in [5.41, 5.74) is 4.93. The van der Waals surface area contributed by atoms with Crippen molar-refractivity contribution in [2.24, 2.45) is 0 Å². The number of rotatable bonds is 5. The second-order valence-corrected chi connectivity index (χ2v) is 5.40. The molecular weight excluding hydrogens is 260 g/mol. The van der Waals surface area contributed by atoms with Crippen LogP contribution in [0.2, 0.25) is 0 Å². The first-order valence-electron chi connectivity index (χ1n) is 7.48. The average Bonchev–Trinajstić information content (AvgIpc) is 3.01. The Kier molecular flexibility index (Phi) is 3.80. The predicted octanol–water partition coefficient (Wildman–Crippen LogP) is 2.93.